The standard InChI is InChI=1S/C21H27NO3S/c1-4-16-7-9-17(10-8-16)19-20(21(19,13-22)14-25-3)26(23,24)18-11-5-15(2)6-12-18/h5-12,19-20H,4,13-14,22H2,1-3H3/t19-,20+,21-/m0/s1. The van der Waals surface area contributed by atoms with Crippen molar-refractivity contribution in [2.24, 2.45) is 11.1 Å². The third-order valence-corrected chi connectivity index (χ3v) is 7.94. The molecule has 140 valence electrons. The lowest BCUT2D eigenvalue weighted by molar-refractivity contribution is 0.142. The van der Waals surface area contributed by atoms with Crippen molar-refractivity contribution in [3.63, 3.8) is 0 Å². The van der Waals surface area contributed by atoms with Crippen LogP contribution in [0.5, 0.6) is 0 Å². The molecule has 0 saturated heterocycles. The number of benzene rings is 2. The van der Waals surface area contributed by atoms with Crippen LogP contribution < -0.4 is 5.73 Å². The van der Waals surface area contributed by atoms with E-state index in [4.69, 9.17) is 10.5 Å². The lowest BCUT2D eigenvalue weighted by Gasteiger charge is -2.15. The first kappa shape index (κ1) is 19.1. The highest BCUT2D eigenvalue weighted by molar-refractivity contribution is 7.92. The molecule has 1 saturated carbocycles. The van der Waals surface area contributed by atoms with Gasteiger partial charge in [0, 0.05) is 25.0 Å². The number of hydrogen-bond donors (Lipinski definition) is 1. The van der Waals surface area contributed by atoms with Crippen molar-refractivity contribution in [3.05, 3.63) is 65.2 Å². The zero-order chi connectivity index (χ0) is 18.9. The quantitative estimate of drug-likeness (QED) is 0.810. The van der Waals surface area contributed by atoms with Crippen LogP contribution in [0.3, 0.4) is 0 Å². The van der Waals surface area contributed by atoms with Crippen molar-refractivity contribution >= 4 is 9.84 Å². The summed E-state index contributed by atoms with van der Waals surface area (Å²) in [6.07, 6.45) is 0.955. The molecule has 0 spiro atoms. The van der Waals surface area contributed by atoms with E-state index in [0.29, 0.717) is 11.5 Å². The van der Waals surface area contributed by atoms with Gasteiger partial charge in [-0.3, -0.25) is 0 Å². The first-order valence-corrected chi connectivity index (χ1v) is 10.5. The minimum Gasteiger partial charge on any atom is -0.384 e. The number of sulfone groups is 1. The number of ether oxygens (including phenoxy) is 1. The molecule has 3 rings (SSSR count). The molecule has 2 N–H and O–H groups in total. The van der Waals surface area contributed by atoms with E-state index in [9.17, 15) is 8.42 Å². The molecule has 1 fully saturated rings. The van der Waals surface area contributed by atoms with Crippen molar-refractivity contribution in [3.8, 4) is 0 Å². The van der Waals surface area contributed by atoms with E-state index in [-0.39, 0.29) is 12.5 Å². The summed E-state index contributed by atoms with van der Waals surface area (Å²) in [5.74, 6) is -0.148. The van der Waals surface area contributed by atoms with Gasteiger partial charge in [0.25, 0.3) is 0 Å². The molecule has 5 heteroatoms. The Bertz CT molecular complexity index is 859. The first-order chi connectivity index (χ1) is 12.4. The molecule has 2 aromatic carbocycles. The molecule has 3 atom stereocenters. The zero-order valence-corrected chi connectivity index (χ0v) is 16.4. The number of nitrogens with two attached hydrogens (primary N) is 1. The van der Waals surface area contributed by atoms with E-state index >= 15 is 0 Å². The van der Waals surface area contributed by atoms with Crippen LogP contribution in [0, 0.1) is 12.3 Å². The fourth-order valence-electron chi connectivity index (χ4n) is 4.03. The van der Waals surface area contributed by atoms with E-state index in [1.165, 1.54) is 5.56 Å². The third kappa shape index (κ3) is 3.08. The van der Waals surface area contributed by atoms with Crippen LogP contribution in [-0.4, -0.2) is 33.9 Å². The Labute approximate surface area is 156 Å². The van der Waals surface area contributed by atoms with Gasteiger partial charge in [0.15, 0.2) is 9.84 Å². The number of methoxy groups -OCH3 is 1. The SMILES string of the molecule is CCc1ccc([C@H]2[C@@H](S(=O)(=O)c3ccc(C)cc3)[C@@]2(CN)COC)cc1. The molecule has 0 bridgehead atoms. The average Bonchev–Trinajstić information content (AvgIpc) is 3.32. The Kier molecular flexibility index (Phi) is 5.24. The van der Waals surface area contributed by atoms with Crippen molar-refractivity contribution in [1.29, 1.82) is 0 Å². The van der Waals surface area contributed by atoms with E-state index in [0.717, 1.165) is 17.5 Å². The predicted molar refractivity (Wildman–Crippen MR) is 104 cm³/mol. The third-order valence-electron chi connectivity index (χ3n) is 5.60. The van der Waals surface area contributed by atoms with Crippen LogP contribution >= 0.6 is 0 Å². The van der Waals surface area contributed by atoms with Gasteiger partial charge in [-0.25, -0.2) is 8.42 Å². The van der Waals surface area contributed by atoms with Gasteiger partial charge in [-0.15, -0.1) is 0 Å². The van der Waals surface area contributed by atoms with Gasteiger partial charge in [0.1, 0.15) is 0 Å². The summed E-state index contributed by atoms with van der Waals surface area (Å²) in [6.45, 7) is 4.66. The van der Waals surface area contributed by atoms with Crippen molar-refractivity contribution < 1.29 is 13.2 Å². The largest absolute Gasteiger partial charge is 0.384 e. The maximum Gasteiger partial charge on any atom is 0.182 e. The summed E-state index contributed by atoms with van der Waals surface area (Å²) in [5, 5.41) is -0.560. The molecular weight excluding hydrogens is 346 g/mol. The van der Waals surface area contributed by atoms with E-state index < -0.39 is 20.5 Å². The zero-order valence-electron chi connectivity index (χ0n) is 15.6. The maximum absolute atomic E-state index is 13.4. The van der Waals surface area contributed by atoms with Crippen LogP contribution in [0.1, 0.15) is 29.5 Å². The van der Waals surface area contributed by atoms with Crippen LogP contribution in [0.25, 0.3) is 0 Å². The summed E-state index contributed by atoms with van der Waals surface area (Å²) in [5.41, 5.74) is 8.79. The van der Waals surface area contributed by atoms with E-state index in [1.54, 1.807) is 19.2 Å². The van der Waals surface area contributed by atoms with Gasteiger partial charge in [-0.2, -0.15) is 0 Å². The minimum absolute atomic E-state index is 0.148. The Hall–Kier alpha value is -1.69. The molecule has 0 heterocycles. The Morgan fingerprint density at radius 3 is 2.19 bits per heavy atom. The molecule has 0 radical (unpaired) electrons. The lowest BCUT2D eigenvalue weighted by Crippen LogP contribution is -2.28. The van der Waals surface area contributed by atoms with E-state index in [2.05, 4.69) is 19.1 Å². The second-order valence-corrected chi connectivity index (χ2v) is 9.29. The second kappa shape index (κ2) is 7.14. The summed E-state index contributed by atoms with van der Waals surface area (Å²) < 4.78 is 32.1. The van der Waals surface area contributed by atoms with Gasteiger partial charge < -0.3 is 10.5 Å². The van der Waals surface area contributed by atoms with Gasteiger partial charge in [0.05, 0.1) is 16.8 Å². The smallest absolute Gasteiger partial charge is 0.182 e. The van der Waals surface area contributed by atoms with Crippen molar-refractivity contribution in [2.75, 3.05) is 20.3 Å². The highest BCUT2D eigenvalue weighted by atomic mass is 32.2. The summed E-state index contributed by atoms with van der Waals surface area (Å²) in [6, 6.07) is 15.3. The summed E-state index contributed by atoms with van der Waals surface area (Å²) in [7, 11) is -1.90. The fourth-order valence-corrected chi connectivity index (χ4v) is 6.47. The van der Waals surface area contributed by atoms with Gasteiger partial charge in [0.2, 0.25) is 0 Å². The number of hydrogen-bond acceptors (Lipinski definition) is 4. The molecule has 26 heavy (non-hydrogen) atoms. The highest BCUT2D eigenvalue weighted by Gasteiger charge is 2.70. The molecule has 0 aliphatic heterocycles. The molecule has 0 amide bonds. The topological polar surface area (TPSA) is 69.4 Å². The molecule has 4 nitrogen and oxygen atoms in total. The molecule has 0 aromatic heterocycles. The fraction of sp³-hybridized carbons (Fsp3) is 0.429. The molecule has 2 aromatic rings. The predicted octanol–water partition coefficient (Wildman–Crippen LogP) is 3.09. The Morgan fingerprint density at radius 2 is 1.69 bits per heavy atom. The normalized spacial score (nSPS) is 25.2. The number of rotatable bonds is 7. The number of aryl methyl sites for hydroxylation is 2. The summed E-state index contributed by atoms with van der Waals surface area (Å²) in [4.78, 5) is 0.356. The first-order valence-electron chi connectivity index (χ1n) is 8.99. The molecular formula is C21H27NO3S. The maximum atomic E-state index is 13.4. The van der Waals surface area contributed by atoms with Crippen LogP contribution in [-0.2, 0) is 21.0 Å². The van der Waals surface area contributed by atoms with Gasteiger partial charge in [-0.05, 0) is 36.6 Å². The highest BCUT2D eigenvalue weighted by Crippen LogP contribution is 2.63. The van der Waals surface area contributed by atoms with Crippen molar-refractivity contribution in [1.82, 2.24) is 0 Å². The van der Waals surface area contributed by atoms with E-state index in [1.807, 2.05) is 31.2 Å². The molecule has 1 aliphatic rings. The average molecular weight is 374 g/mol. The molecule has 0 unspecified atom stereocenters. The van der Waals surface area contributed by atoms with Crippen molar-refractivity contribution in [2.45, 2.75) is 36.3 Å². The summed E-state index contributed by atoms with van der Waals surface area (Å²) >= 11 is 0. The minimum atomic E-state index is -3.50. The van der Waals surface area contributed by atoms with Crippen LogP contribution in [0.2, 0.25) is 0 Å². The van der Waals surface area contributed by atoms with Gasteiger partial charge >= 0.3 is 0 Å². The Morgan fingerprint density at radius 1 is 1.08 bits per heavy atom. The lowest BCUT2D eigenvalue weighted by atomic mass is 9.99. The Balaban J connectivity index is 2.03. The second-order valence-electron chi connectivity index (χ2n) is 7.22. The van der Waals surface area contributed by atoms with Gasteiger partial charge in [-0.1, -0.05) is 48.9 Å². The molecule has 1 aliphatic carbocycles. The van der Waals surface area contributed by atoms with Crippen LogP contribution in [0.15, 0.2) is 53.4 Å². The van der Waals surface area contributed by atoms with Crippen LogP contribution in [0.4, 0.5) is 0 Å². The monoisotopic (exact) mass is 373 g/mol.